The first kappa shape index (κ1) is 21.9. The molecular formula is C29H44O2. The largest absolute Gasteiger partial charge is 0.392 e. The lowest BCUT2D eigenvalue weighted by atomic mass is 9.45. The van der Waals surface area contributed by atoms with Crippen molar-refractivity contribution in [2.45, 2.75) is 105 Å². The van der Waals surface area contributed by atoms with Crippen LogP contribution in [0.4, 0.5) is 0 Å². The van der Waals surface area contributed by atoms with Gasteiger partial charge in [0.05, 0.1) is 6.10 Å². The van der Waals surface area contributed by atoms with E-state index in [9.17, 15) is 9.90 Å². The van der Waals surface area contributed by atoms with Gasteiger partial charge in [0.25, 0.3) is 0 Å². The van der Waals surface area contributed by atoms with E-state index < -0.39 is 0 Å². The zero-order valence-corrected chi connectivity index (χ0v) is 20.5. The summed E-state index contributed by atoms with van der Waals surface area (Å²) in [5, 5.41) is 10.8. The molecule has 0 aromatic rings. The van der Waals surface area contributed by atoms with E-state index in [-0.39, 0.29) is 28.3 Å². The number of hydrogen-bond donors (Lipinski definition) is 1. The molecular weight excluding hydrogens is 380 g/mol. The van der Waals surface area contributed by atoms with Crippen molar-refractivity contribution >= 4 is 5.78 Å². The molecule has 0 heterocycles. The van der Waals surface area contributed by atoms with Gasteiger partial charge in [0.1, 0.15) is 5.78 Å². The van der Waals surface area contributed by atoms with E-state index in [1.165, 1.54) is 31.3 Å². The van der Waals surface area contributed by atoms with Gasteiger partial charge in [-0.05, 0) is 106 Å². The van der Waals surface area contributed by atoms with Gasteiger partial charge in [-0.2, -0.15) is 0 Å². The van der Waals surface area contributed by atoms with Crippen molar-refractivity contribution in [1.82, 2.24) is 0 Å². The van der Waals surface area contributed by atoms with Crippen LogP contribution in [0.1, 0.15) is 98.8 Å². The molecule has 8 atom stereocenters. The Balaban J connectivity index is 1.41. The molecule has 2 heteroatoms. The van der Waals surface area contributed by atoms with Crippen molar-refractivity contribution < 1.29 is 9.90 Å². The molecule has 0 aromatic carbocycles. The summed E-state index contributed by atoms with van der Waals surface area (Å²) >= 11 is 0. The summed E-state index contributed by atoms with van der Waals surface area (Å²) in [5.41, 5.74) is 3.59. The Labute approximate surface area is 190 Å². The Morgan fingerprint density at radius 1 is 1.16 bits per heavy atom. The fraction of sp³-hybridized carbons (Fsp3) is 0.828. The third kappa shape index (κ3) is 3.10. The van der Waals surface area contributed by atoms with Crippen LogP contribution in [0.2, 0.25) is 0 Å². The average Bonchev–Trinajstić information content (AvgIpc) is 3.43. The van der Waals surface area contributed by atoms with Crippen molar-refractivity contribution in [3.63, 3.8) is 0 Å². The summed E-state index contributed by atoms with van der Waals surface area (Å²) in [4.78, 5) is 13.4. The molecule has 2 nitrogen and oxygen atoms in total. The predicted octanol–water partition coefficient (Wildman–Crippen LogP) is 6.88. The molecule has 0 bridgehead atoms. The normalized spacial score (nSPS) is 45.9. The van der Waals surface area contributed by atoms with Gasteiger partial charge in [-0.15, -0.1) is 0 Å². The smallest absolute Gasteiger partial charge is 0.137 e. The highest BCUT2D eigenvalue weighted by atomic mass is 16.3. The molecule has 31 heavy (non-hydrogen) atoms. The number of rotatable bonds is 4. The molecule has 0 saturated heterocycles. The molecule has 1 spiro atoms. The van der Waals surface area contributed by atoms with Gasteiger partial charge in [0, 0.05) is 17.8 Å². The van der Waals surface area contributed by atoms with Gasteiger partial charge in [-0.1, -0.05) is 44.1 Å². The predicted molar refractivity (Wildman–Crippen MR) is 126 cm³/mol. The second-order valence-electron chi connectivity index (χ2n) is 12.9. The quantitative estimate of drug-likeness (QED) is 0.500. The molecule has 4 fully saturated rings. The lowest BCUT2D eigenvalue weighted by Crippen LogP contribution is -2.53. The van der Waals surface area contributed by atoms with Crippen molar-refractivity contribution in [3.8, 4) is 0 Å². The molecule has 0 aliphatic heterocycles. The first-order chi connectivity index (χ1) is 14.6. The second kappa shape index (κ2) is 7.31. The zero-order valence-electron chi connectivity index (χ0n) is 20.5. The number of ketones is 1. The zero-order chi connectivity index (χ0) is 22.2. The Morgan fingerprint density at radius 2 is 1.90 bits per heavy atom. The van der Waals surface area contributed by atoms with E-state index in [4.69, 9.17) is 0 Å². The molecule has 5 rings (SSSR count). The molecule has 0 amide bonds. The fourth-order valence-electron chi connectivity index (χ4n) is 9.41. The fourth-order valence-corrected chi connectivity index (χ4v) is 9.41. The summed E-state index contributed by atoms with van der Waals surface area (Å²) in [7, 11) is 0. The number of aliphatic hydroxyl groups excluding tert-OH is 1. The van der Waals surface area contributed by atoms with Crippen LogP contribution < -0.4 is 0 Å². The molecule has 1 N–H and O–H groups in total. The van der Waals surface area contributed by atoms with E-state index in [0.717, 1.165) is 38.5 Å². The van der Waals surface area contributed by atoms with E-state index in [0.29, 0.717) is 29.5 Å². The third-order valence-electron chi connectivity index (χ3n) is 11.0. The molecule has 0 unspecified atom stereocenters. The monoisotopic (exact) mass is 424 g/mol. The van der Waals surface area contributed by atoms with Crippen LogP contribution in [-0.2, 0) is 4.79 Å². The van der Waals surface area contributed by atoms with E-state index in [2.05, 4.69) is 46.8 Å². The molecule has 0 aromatic heterocycles. The topological polar surface area (TPSA) is 37.3 Å². The average molecular weight is 425 g/mol. The first-order valence-electron chi connectivity index (χ1n) is 13.2. The van der Waals surface area contributed by atoms with Crippen molar-refractivity contribution in [2.24, 2.45) is 45.8 Å². The summed E-state index contributed by atoms with van der Waals surface area (Å²) in [6.45, 7) is 11.7. The van der Waals surface area contributed by atoms with Gasteiger partial charge in [-0.25, -0.2) is 0 Å². The summed E-state index contributed by atoms with van der Waals surface area (Å²) in [6, 6.07) is 0. The molecule has 4 saturated carbocycles. The summed E-state index contributed by atoms with van der Waals surface area (Å²) < 4.78 is 0. The molecule has 172 valence electrons. The van der Waals surface area contributed by atoms with Gasteiger partial charge >= 0.3 is 0 Å². The van der Waals surface area contributed by atoms with Crippen LogP contribution in [-0.4, -0.2) is 17.0 Å². The minimum atomic E-state index is -0.115. The highest BCUT2D eigenvalue weighted by Crippen LogP contribution is 2.72. The SMILES string of the molecule is CC(C)=CCC[C@@H](C)[C@H]1C(=O)C[C@H]2[C@@H]3CC=C4C5(CC5)[C@@H](O)CC[C@]4(C)[C@H]3CC[C@]12C. The van der Waals surface area contributed by atoms with E-state index in [1.54, 1.807) is 5.57 Å². The number of fused-ring (bicyclic) bond motifs is 6. The maximum atomic E-state index is 13.4. The standard InChI is InChI=1S/C29H44O2/c1-18(2)7-6-8-19(3)26-23(30)17-22-20-9-10-24-27(4,21(20)11-13-28(22,26)5)14-12-25(31)29(24)15-16-29/h7,10,19-22,25-26,31H,6,8-9,11-17H2,1-5H3/t19-,20-,21+,22+,25+,26+,27-,28+/m1/s1. The summed E-state index contributed by atoms with van der Waals surface area (Å²) in [6.07, 6.45) is 16.0. The Hall–Kier alpha value is -0.890. The Morgan fingerprint density at radius 3 is 2.58 bits per heavy atom. The Kier molecular flexibility index (Phi) is 5.17. The van der Waals surface area contributed by atoms with E-state index >= 15 is 0 Å². The van der Waals surface area contributed by atoms with Crippen molar-refractivity contribution in [3.05, 3.63) is 23.3 Å². The van der Waals surface area contributed by atoms with Gasteiger partial charge in [0.2, 0.25) is 0 Å². The number of aliphatic hydroxyl groups is 1. The van der Waals surface area contributed by atoms with E-state index in [1.807, 2.05) is 0 Å². The maximum absolute atomic E-state index is 13.4. The Bertz CT molecular complexity index is 813. The van der Waals surface area contributed by atoms with Crippen molar-refractivity contribution in [2.75, 3.05) is 0 Å². The van der Waals surface area contributed by atoms with Crippen molar-refractivity contribution in [1.29, 1.82) is 0 Å². The number of hydrogen-bond acceptors (Lipinski definition) is 2. The molecule has 5 aliphatic rings. The van der Waals surface area contributed by atoms with Crippen LogP contribution in [0.25, 0.3) is 0 Å². The van der Waals surface area contributed by atoms with Gasteiger partial charge < -0.3 is 5.11 Å². The van der Waals surface area contributed by atoms with Crippen LogP contribution >= 0.6 is 0 Å². The third-order valence-corrected chi connectivity index (χ3v) is 11.0. The lowest BCUT2D eigenvalue weighted by molar-refractivity contribution is -0.124. The van der Waals surface area contributed by atoms with Crippen LogP contribution in [0.5, 0.6) is 0 Å². The van der Waals surface area contributed by atoms with Crippen LogP contribution in [0.3, 0.4) is 0 Å². The first-order valence-corrected chi connectivity index (χ1v) is 13.2. The number of carbonyl (C=O) groups is 1. The maximum Gasteiger partial charge on any atom is 0.137 e. The van der Waals surface area contributed by atoms with Gasteiger partial charge in [0.15, 0.2) is 0 Å². The van der Waals surface area contributed by atoms with Gasteiger partial charge in [-0.3, -0.25) is 4.79 Å². The highest BCUT2D eigenvalue weighted by Gasteiger charge is 2.66. The summed E-state index contributed by atoms with van der Waals surface area (Å²) in [5.74, 6) is 3.24. The molecule has 5 aliphatic carbocycles. The minimum Gasteiger partial charge on any atom is -0.392 e. The second-order valence-corrected chi connectivity index (χ2v) is 12.9. The lowest BCUT2D eigenvalue weighted by Gasteiger charge is -2.59. The number of Topliss-reactive ketones (excluding diaryl/α,β-unsaturated/α-hetero) is 1. The minimum absolute atomic E-state index is 0.115. The number of carbonyl (C=O) groups excluding carboxylic acids is 1. The molecule has 0 radical (unpaired) electrons. The highest BCUT2D eigenvalue weighted by molar-refractivity contribution is 5.85. The van der Waals surface area contributed by atoms with Crippen LogP contribution in [0, 0.1) is 45.8 Å². The van der Waals surface area contributed by atoms with Crippen LogP contribution in [0.15, 0.2) is 23.3 Å². The number of allylic oxidation sites excluding steroid dienone is 3.